The fourth-order valence-electron chi connectivity index (χ4n) is 3.53. The standard InChI is InChI=1S/C21H26Cl2N2O/c1-2-25-10-4-7-20(25)14-24-13-17-12-19(23)8-9-21(17)26-15-16-5-3-6-18(22)11-16/h3,5-6,8-9,11-12,20,24H,2,4,7,10,13-15H2,1H3. The minimum Gasteiger partial charge on any atom is -0.489 e. The highest BCUT2D eigenvalue weighted by atomic mass is 35.5. The van der Waals surface area contributed by atoms with Crippen LogP contribution < -0.4 is 10.1 Å². The van der Waals surface area contributed by atoms with Crippen molar-refractivity contribution in [3.8, 4) is 5.75 Å². The van der Waals surface area contributed by atoms with Crippen LogP contribution in [0.2, 0.25) is 10.0 Å². The molecule has 2 aromatic rings. The summed E-state index contributed by atoms with van der Waals surface area (Å²) >= 11 is 12.2. The lowest BCUT2D eigenvalue weighted by Crippen LogP contribution is -2.37. The third-order valence-electron chi connectivity index (χ3n) is 4.91. The number of likely N-dealkylation sites (N-methyl/N-ethyl adjacent to an activating group) is 1. The van der Waals surface area contributed by atoms with E-state index in [-0.39, 0.29) is 0 Å². The van der Waals surface area contributed by atoms with Crippen LogP contribution in [-0.4, -0.2) is 30.6 Å². The number of nitrogens with one attached hydrogen (secondary N) is 1. The number of likely N-dealkylation sites (tertiary alicyclic amines) is 1. The Balaban J connectivity index is 1.58. The van der Waals surface area contributed by atoms with E-state index in [0.29, 0.717) is 12.6 Å². The number of halogens is 2. The van der Waals surface area contributed by atoms with E-state index in [9.17, 15) is 0 Å². The zero-order valence-corrected chi connectivity index (χ0v) is 16.7. The van der Waals surface area contributed by atoms with Crippen LogP contribution in [0.15, 0.2) is 42.5 Å². The lowest BCUT2D eigenvalue weighted by Gasteiger charge is -2.23. The minimum atomic E-state index is 0.488. The zero-order valence-electron chi connectivity index (χ0n) is 15.2. The first-order valence-electron chi connectivity index (χ1n) is 9.26. The third-order valence-corrected chi connectivity index (χ3v) is 5.38. The molecule has 140 valence electrons. The molecule has 1 unspecified atom stereocenters. The smallest absolute Gasteiger partial charge is 0.124 e. The maximum Gasteiger partial charge on any atom is 0.124 e. The molecule has 0 bridgehead atoms. The molecule has 0 radical (unpaired) electrons. The number of hydrogen-bond acceptors (Lipinski definition) is 3. The van der Waals surface area contributed by atoms with Gasteiger partial charge in [-0.15, -0.1) is 0 Å². The van der Waals surface area contributed by atoms with E-state index < -0.39 is 0 Å². The highest BCUT2D eigenvalue weighted by Gasteiger charge is 2.22. The van der Waals surface area contributed by atoms with Gasteiger partial charge in [0.2, 0.25) is 0 Å². The van der Waals surface area contributed by atoms with Crippen molar-refractivity contribution in [3.63, 3.8) is 0 Å². The largest absolute Gasteiger partial charge is 0.489 e. The Hall–Kier alpha value is -1.26. The van der Waals surface area contributed by atoms with Crippen LogP contribution in [0.1, 0.15) is 30.9 Å². The van der Waals surface area contributed by atoms with E-state index in [1.807, 2.05) is 42.5 Å². The maximum absolute atomic E-state index is 6.20. The van der Waals surface area contributed by atoms with Gasteiger partial charge in [0.1, 0.15) is 12.4 Å². The molecule has 0 spiro atoms. The highest BCUT2D eigenvalue weighted by molar-refractivity contribution is 6.30. The van der Waals surface area contributed by atoms with Gasteiger partial charge in [-0.1, -0.05) is 42.3 Å². The lowest BCUT2D eigenvalue weighted by molar-refractivity contribution is 0.259. The van der Waals surface area contributed by atoms with Crippen LogP contribution in [0, 0.1) is 0 Å². The van der Waals surface area contributed by atoms with Crippen LogP contribution in [0.4, 0.5) is 0 Å². The van der Waals surface area contributed by atoms with Gasteiger partial charge < -0.3 is 10.1 Å². The third kappa shape index (κ3) is 5.37. The van der Waals surface area contributed by atoms with Gasteiger partial charge in [-0.2, -0.15) is 0 Å². The molecule has 1 aliphatic heterocycles. The van der Waals surface area contributed by atoms with Gasteiger partial charge in [0.25, 0.3) is 0 Å². The molecule has 3 nitrogen and oxygen atoms in total. The highest BCUT2D eigenvalue weighted by Crippen LogP contribution is 2.24. The summed E-state index contributed by atoms with van der Waals surface area (Å²) in [7, 11) is 0. The van der Waals surface area contributed by atoms with E-state index in [1.165, 1.54) is 19.4 Å². The molecule has 26 heavy (non-hydrogen) atoms. The SMILES string of the molecule is CCN1CCCC1CNCc1cc(Cl)ccc1OCc1cccc(Cl)c1. The maximum atomic E-state index is 6.20. The Labute approximate surface area is 166 Å². The summed E-state index contributed by atoms with van der Waals surface area (Å²) in [5.74, 6) is 0.862. The van der Waals surface area contributed by atoms with Gasteiger partial charge in [-0.3, -0.25) is 4.90 Å². The Kier molecular flexibility index (Phi) is 7.21. The van der Waals surface area contributed by atoms with Crippen LogP contribution in [-0.2, 0) is 13.2 Å². The summed E-state index contributed by atoms with van der Waals surface area (Å²) in [6.07, 6.45) is 2.57. The van der Waals surface area contributed by atoms with Crippen LogP contribution in [0.25, 0.3) is 0 Å². The number of hydrogen-bond donors (Lipinski definition) is 1. The molecule has 1 aliphatic rings. The van der Waals surface area contributed by atoms with Crippen molar-refractivity contribution in [3.05, 3.63) is 63.6 Å². The topological polar surface area (TPSA) is 24.5 Å². The number of nitrogens with zero attached hydrogens (tertiary/aromatic N) is 1. The van der Waals surface area contributed by atoms with Crippen LogP contribution >= 0.6 is 23.2 Å². The Morgan fingerprint density at radius 3 is 2.81 bits per heavy atom. The van der Waals surface area contributed by atoms with E-state index in [0.717, 1.165) is 46.6 Å². The van der Waals surface area contributed by atoms with Crippen molar-refractivity contribution in [1.82, 2.24) is 10.2 Å². The van der Waals surface area contributed by atoms with Crippen molar-refractivity contribution in [1.29, 1.82) is 0 Å². The number of benzene rings is 2. The van der Waals surface area contributed by atoms with E-state index >= 15 is 0 Å². The molecular weight excluding hydrogens is 367 g/mol. The van der Waals surface area contributed by atoms with Gasteiger partial charge in [0.15, 0.2) is 0 Å². The molecule has 1 heterocycles. The second-order valence-electron chi connectivity index (χ2n) is 6.73. The number of ether oxygens (including phenoxy) is 1. The predicted molar refractivity (Wildman–Crippen MR) is 109 cm³/mol. The molecule has 1 atom stereocenters. The van der Waals surface area contributed by atoms with Crippen molar-refractivity contribution >= 4 is 23.2 Å². The summed E-state index contributed by atoms with van der Waals surface area (Å²) < 4.78 is 6.03. The summed E-state index contributed by atoms with van der Waals surface area (Å²) in [5, 5.41) is 5.03. The first kappa shape index (κ1) is 19.5. The van der Waals surface area contributed by atoms with Crippen molar-refractivity contribution in [2.45, 2.75) is 39.0 Å². The molecule has 2 aromatic carbocycles. The van der Waals surface area contributed by atoms with E-state index in [2.05, 4.69) is 17.1 Å². The minimum absolute atomic E-state index is 0.488. The molecule has 1 fully saturated rings. The molecule has 1 saturated heterocycles. The Morgan fingerprint density at radius 2 is 2.00 bits per heavy atom. The molecular formula is C21H26Cl2N2O. The molecule has 0 saturated carbocycles. The Bertz CT molecular complexity index is 723. The van der Waals surface area contributed by atoms with E-state index in [4.69, 9.17) is 27.9 Å². The van der Waals surface area contributed by atoms with Crippen molar-refractivity contribution < 1.29 is 4.74 Å². The molecule has 0 aromatic heterocycles. The van der Waals surface area contributed by atoms with Crippen LogP contribution in [0.5, 0.6) is 5.75 Å². The second kappa shape index (κ2) is 9.61. The normalized spacial score (nSPS) is 17.6. The first-order valence-corrected chi connectivity index (χ1v) is 10.0. The number of rotatable bonds is 8. The van der Waals surface area contributed by atoms with Gasteiger partial charge >= 0.3 is 0 Å². The Morgan fingerprint density at radius 1 is 1.15 bits per heavy atom. The molecule has 3 rings (SSSR count). The monoisotopic (exact) mass is 392 g/mol. The predicted octanol–water partition coefficient (Wildman–Crippen LogP) is 5.15. The summed E-state index contributed by atoms with van der Waals surface area (Å²) in [5.41, 5.74) is 2.14. The summed E-state index contributed by atoms with van der Waals surface area (Å²) in [6, 6.07) is 14.2. The van der Waals surface area contributed by atoms with Gasteiger partial charge in [-0.05, 0) is 61.8 Å². The van der Waals surface area contributed by atoms with Crippen LogP contribution in [0.3, 0.4) is 0 Å². The fraction of sp³-hybridized carbons (Fsp3) is 0.429. The quantitative estimate of drug-likeness (QED) is 0.672. The molecule has 0 aliphatic carbocycles. The molecule has 0 amide bonds. The summed E-state index contributed by atoms with van der Waals surface area (Å²) in [4.78, 5) is 2.54. The van der Waals surface area contributed by atoms with Gasteiger partial charge in [0, 0.05) is 34.7 Å². The van der Waals surface area contributed by atoms with Gasteiger partial charge in [-0.25, -0.2) is 0 Å². The average Bonchev–Trinajstić information content (AvgIpc) is 3.08. The van der Waals surface area contributed by atoms with Crippen molar-refractivity contribution in [2.24, 2.45) is 0 Å². The van der Waals surface area contributed by atoms with E-state index in [1.54, 1.807) is 0 Å². The van der Waals surface area contributed by atoms with Crippen molar-refractivity contribution in [2.75, 3.05) is 19.6 Å². The first-order chi connectivity index (χ1) is 12.7. The second-order valence-corrected chi connectivity index (χ2v) is 7.60. The zero-order chi connectivity index (χ0) is 18.4. The lowest BCUT2D eigenvalue weighted by atomic mass is 10.1. The fourth-order valence-corrected chi connectivity index (χ4v) is 3.94. The van der Waals surface area contributed by atoms with Gasteiger partial charge in [0.05, 0.1) is 0 Å². The summed E-state index contributed by atoms with van der Waals surface area (Å²) in [6.45, 7) is 6.80. The molecule has 5 heteroatoms. The molecule has 1 N–H and O–H groups in total. The average molecular weight is 393 g/mol.